The Morgan fingerprint density at radius 2 is 1.76 bits per heavy atom. The molecule has 110 valence electrons. The molecule has 0 aliphatic heterocycles. The second kappa shape index (κ2) is 8.25. The highest BCUT2D eigenvalue weighted by atomic mass is 127. The fourth-order valence-electron chi connectivity index (χ4n) is 1.71. The fourth-order valence-corrected chi connectivity index (χ4v) is 1.71. The van der Waals surface area contributed by atoms with E-state index in [9.17, 15) is 4.79 Å². The van der Waals surface area contributed by atoms with Gasteiger partial charge >= 0.3 is 0 Å². The molecular formula is C15H17IN4O. The molecule has 0 unspecified atom stereocenters. The van der Waals surface area contributed by atoms with E-state index < -0.39 is 5.91 Å². The summed E-state index contributed by atoms with van der Waals surface area (Å²) in [5.74, 6) is -0.133. The molecule has 2 aromatic carbocycles. The zero-order chi connectivity index (χ0) is 14.4. The first-order valence-electron chi connectivity index (χ1n) is 6.16. The number of carbonyl (C=O) groups excluding carboxylic acids is 1. The van der Waals surface area contributed by atoms with Gasteiger partial charge in [-0.15, -0.1) is 24.0 Å². The summed E-state index contributed by atoms with van der Waals surface area (Å²) >= 11 is 0. The number of halogens is 1. The summed E-state index contributed by atoms with van der Waals surface area (Å²) in [5.41, 5.74) is 13.2. The molecule has 0 bridgehead atoms. The summed E-state index contributed by atoms with van der Waals surface area (Å²) in [7, 11) is 0. The van der Waals surface area contributed by atoms with Crippen LogP contribution in [-0.4, -0.2) is 11.9 Å². The van der Waals surface area contributed by atoms with Crippen molar-refractivity contribution in [3.05, 3.63) is 65.7 Å². The van der Waals surface area contributed by atoms with Gasteiger partial charge in [-0.1, -0.05) is 30.3 Å². The van der Waals surface area contributed by atoms with E-state index in [-0.39, 0.29) is 24.0 Å². The molecule has 1 amide bonds. The zero-order valence-corrected chi connectivity index (χ0v) is 13.7. The summed E-state index contributed by atoms with van der Waals surface area (Å²) in [6.07, 6.45) is 0. The minimum Gasteiger partial charge on any atom is -0.370 e. The zero-order valence-electron chi connectivity index (χ0n) is 11.3. The Hall–Kier alpha value is -2.09. The number of anilines is 1. The highest BCUT2D eigenvalue weighted by Crippen LogP contribution is 2.07. The molecule has 21 heavy (non-hydrogen) atoms. The Balaban J connectivity index is 0.00000220. The van der Waals surface area contributed by atoms with E-state index in [1.54, 1.807) is 18.2 Å². The SMILES string of the molecule is I.NC(=O)c1cccc(CN=C(N)Nc2ccccc2)c1. The third-order valence-corrected chi connectivity index (χ3v) is 2.69. The lowest BCUT2D eigenvalue weighted by molar-refractivity contribution is 0.1000. The summed E-state index contributed by atoms with van der Waals surface area (Å²) in [6.45, 7) is 0.382. The molecule has 0 aromatic heterocycles. The molecule has 0 radical (unpaired) electrons. The molecular weight excluding hydrogens is 379 g/mol. The van der Waals surface area contributed by atoms with Gasteiger partial charge in [-0.3, -0.25) is 4.79 Å². The first-order valence-corrected chi connectivity index (χ1v) is 6.16. The number of carbonyl (C=O) groups is 1. The van der Waals surface area contributed by atoms with Gasteiger partial charge in [-0.05, 0) is 29.8 Å². The number of hydrogen-bond donors (Lipinski definition) is 3. The topological polar surface area (TPSA) is 93.5 Å². The molecule has 0 spiro atoms. The lowest BCUT2D eigenvalue weighted by atomic mass is 10.1. The van der Waals surface area contributed by atoms with Crippen molar-refractivity contribution >= 4 is 41.5 Å². The van der Waals surface area contributed by atoms with E-state index >= 15 is 0 Å². The van der Waals surface area contributed by atoms with E-state index in [0.29, 0.717) is 18.1 Å². The van der Waals surface area contributed by atoms with Crippen LogP contribution in [0.15, 0.2) is 59.6 Å². The average molecular weight is 396 g/mol. The van der Waals surface area contributed by atoms with Crippen LogP contribution >= 0.6 is 24.0 Å². The van der Waals surface area contributed by atoms with E-state index in [0.717, 1.165) is 11.3 Å². The maximum Gasteiger partial charge on any atom is 0.248 e. The fraction of sp³-hybridized carbons (Fsp3) is 0.0667. The van der Waals surface area contributed by atoms with E-state index in [4.69, 9.17) is 11.5 Å². The van der Waals surface area contributed by atoms with Crippen LogP contribution in [0.3, 0.4) is 0 Å². The third kappa shape index (κ3) is 5.42. The molecule has 0 saturated carbocycles. The quantitative estimate of drug-likeness (QED) is 0.421. The Morgan fingerprint density at radius 1 is 1.05 bits per heavy atom. The lowest BCUT2D eigenvalue weighted by Gasteiger charge is -2.05. The number of hydrogen-bond acceptors (Lipinski definition) is 2. The molecule has 6 heteroatoms. The van der Waals surface area contributed by atoms with Gasteiger partial charge in [0.25, 0.3) is 0 Å². The van der Waals surface area contributed by atoms with Crippen LogP contribution in [-0.2, 0) is 6.54 Å². The molecule has 0 heterocycles. The number of guanidine groups is 1. The predicted molar refractivity (Wildman–Crippen MR) is 95.8 cm³/mol. The molecule has 0 aliphatic carbocycles. The Labute approximate surface area is 140 Å². The van der Waals surface area contributed by atoms with Gasteiger partial charge in [0.05, 0.1) is 6.54 Å². The van der Waals surface area contributed by atoms with Crippen LogP contribution in [0, 0.1) is 0 Å². The minimum absolute atomic E-state index is 0. The van der Waals surface area contributed by atoms with E-state index in [1.807, 2.05) is 36.4 Å². The van der Waals surface area contributed by atoms with Crippen LogP contribution in [0.4, 0.5) is 5.69 Å². The number of para-hydroxylation sites is 1. The van der Waals surface area contributed by atoms with Crippen molar-refractivity contribution in [2.45, 2.75) is 6.54 Å². The average Bonchev–Trinajstić information content (AvgIpc) is 2.46. The number of aliphatic imine (C=N–C) groups is 1. The normalized spacial score (nSPS) is 10.6. The largest absolute Gasteiger partial charge is 0.370 e. The highest BCUT2D eigenvalue weighted by Gasteiger charge is 2.01. The van der Waals surface area contributed by atoms with Gasteiger partial charge in [0.1, 0.15) is 0 Å². The van der Waals surface area contributed by atoms with Gasteiger partial charge < -0.3 is 16.8 Å². The van der Waals surface area contributed by atoms with Gasteiger partial charge in [0.2, 0.25) is 5.91 Å². The van der Waals surface area contributed by atoms with Crippen molar-refractivity contribution in [1.82, 2.24) is 0 Å². The van der Waals surface area contributed by atoms with Gasteiger partial charge in [0, 0.05) is 11.3 Å². The summed E-state index contributed by atoms with van der Waals surface area (Å²) in [6, 6.07) is 16.6. The Bertz CT molecular complexity index is 629. The molecule has 0 saturated heterocycles. The third-order valence-electron chi connectivity index (χ3n) is 2.69. The van der Waals surface area contributed by atoms with Crippen LogP contribution in [0.5, 0.6) is 0 Å². The predicted octanol–water partition coefficient (Wildman–Crippen LogP) is 2.33. The Kier molecular flexibility index (Phi) is 6.67. The van der Waals surface area contributed by atoms with Crippen LogP contribution in [0.1, 0.15) is 15.9 Å². The first-order chi connectivity index (χ1) is 9.65. The van der Waals surface area contributed by atoms with Crippen molar-refractivity contribution < 1.29 is 4.79 Å². The maximum atomic E-state index is 11.1. The second-order valence-corrected chi connectivity index (χ2v) is 4.26. The minimum atomic E-state index is -0.453. The molecule has 2 aromatic rings. The van der Waals surface area contributed by atoms with Crippen LogP contribution in [0.2, 0.25) is 0 Å². The van der Waals surface area contributed by atoms with Crippen molar-refractivity contribution in [3.63, 3.8) is 0 Å². The summed E-state index contributed by atoms with van der Waals surface area (Å²) in [5, 5.41) is 2.99. The van der Waals surface area contributed by atoms with Crippen LogP contribution in [0.25, 0.3) is 0 Å². The first kappa shape index (κ1) is 17.0. The number of benzene rings is 2. The number of amides is 1. The van der Waals surface area contributed by atoms with E-state index in [1.165, 1.54) is 0 Å². The smallest absolute Gasteiger partial charge is 0.248 e. The number of nitrogens with two attached hydrogens (primary N) is 2. The second-order valence-electron chi connectivity index (χ2n) is 4.26. The van der Waals surface area contributed by atoms with Gasteiger partial charge in [-0.2, -0.15) is 0 Å². The number of rotatable bonds is 4. The van der Waals surface area contributed by atoms with Crippen molar-refractivity contribution in [3.8, 4) is 0 Å². The number of primary amides is 1. The summed E-state index contributed by atoms with van der Waals surface area (Å²) < 4.78 is 0. The number of nitrogens with one attached hydrogen (secondary N) is 1. The standard InChI is InChI=1S/C15H16N4O.HI/c16-14(20)12-6-4-5-11(9-12)10-18-15(17)19-13-7-2-1-3-8-13;/h1-9H,10H2,(H2,16,20)(H3,17,18,19);1H. The van der Waals surface area contributed by atoms with Crippen LogP contribution < -0.4 is 16.8 Å². The molecule has 2 rings (SSSR count). The molecule has 5 N–H and O–H groups in total. The van der Waals surface area contributed by atoms with Crippen molar-refractivity contribution in [2.75, 3.05) is 5.32 Å². The molecule has 0 atom stereocenters. The molecule has 0 aliphatic rings. The number of nitrogens with zero attached hydrogens (tertiary/aromatic N) is 1. The summed E-state index contributed by atoms with van der Waals surface area (Å²) in [4.78, 5) is 15.3. The maximum absolute atomic E-state index is 11.1. The van der Waals surface area contributed by atoms with Gasteiger partial charge in [0.15, 0.2) is 5.96 Å². The van der Waals surface area contributed by atoms with Crippen molar-refractivity contribution in [2.24, 2.45) is 16.5 Å². The van der Waals surface area contributed by atoms with Crippen molar-refractivity contribution in [1.29, 1.82) is 0 Å². The molecule has 0 fully saturated rings. The molecule has 5 nitrogen and oxygen atoms in total. The Morgan fingerprint density at radius 3 is 2.43 bits per heavy atom. The highest BCUT2D eigenvalue weighted by molar-refractivity contribution is 14.0. The lowest BCUT2D eigenvalue weighted by Crippen LogP contribution is -2.22. The monoisotopic (exact) mass is 396 g/mol. The van der Waals surface area contributed by atoms with Gasteiger partial charge in [-0.25, -0.2) is 4.99 Å². The van der Waals surface area contributed by atoms with E-state index in [2.05, 4.69) is 10.3 Å².